The predicted octanol–water partition coefficient (Wildman–Crippen LogP) is 2.32. The molecule has 0 spiro atoms. The summed E-state index contributed by atoms with van der Waals surface area (Å²) in [5, 5.41) is 10.6. The minimum absolute atomic E-state index is 0.295. The lowest BCUT2D eigenvalue weighted by Crippen LogP contribution is -2.22. The molecule has 0 aromatic heterocycles. The number of anilines is 1. The van der Waals surface area contributed by atoms with E-state index in [0.717, 1.165) is 6.07 Å². The number of non-ortho nitro benzene ring substituents is 1. The number of nitrogens with zero attached hydrogens (tertiary/aromatic N) is 2. The van der Waals surface area contributed by atoms with Crippen molar-refractivity contribution in [2.45, 2.75) is 12.8 Å². The van der Waals surface area contributed by atoms with E-state index in [0.29, 0.717) is 25.2 Å². The quantitative estimate of drug-likeness (QED) is 0.628. The standard InChI is InChI=1S/C11H15F2N3O2/c1-15(6-2-5-14)10-4-3-8(16(17)18)7-9(10)11(12)13/h3-4,7,11H,2,5-6,14H2,1H3. The first-order valence-electron chi connectivity index (χ1n) is 5.45. The molecule has 0 saturated carbocycles. The van der Waals surface area contributed by atoms with Crippen molar-refractivity contribution in [1.29, 1.82) is 0 Å². The summed E-state index contributed by atoms with van der Waals surface area (Å²) in [5.41, 5.74) is 4.99. The Balaban J connectivity index is 3.07. The number of halogens is 2. The second-order valence-electron chi connectivity index (χ2n) is 3.86. The van der Waals surface area contributed by atoms with Crippen LogP contribution in [0.3, 0.4) is 0 Å². The van der Waals surface area contributed by atoms with E-state index in [1.54, 1.807) is 11.9 Å². The van der Waals surface area contributed by atoms with E-state index in [2.05, 4.69) is 0 Å². The van der Waals surface area contributed by atoms with Crippen molar-refractivity contribution in [3.63, 3.8) is 0 Å². The average molecular weight is 259 g/mol. The summed E-state index contributed by atoms with van der Waals surface area (Å²) in [7, 11) is 1.66. The van der Waals surface area contributed by atoms with E-state index in [1.165, 1.54) is 12.1 Å². The van der Waals surface area contributed by atoms with Gasteiger partial charge in [-0.3, -0.25) is 10.1 Å². The number of rotatable bonds is 6. The molecule has 100 valence electrons. The molecule has 0 bridgehead atoms. The monoisotopic (exact) mass is 259 g/mol. The number of alkyl halides is 2. The molecule has 7 heteroatoms. The first-order chi connectivity index (χ1) is 8.47. The smallest absolute Gasteiger partial charge is 0.270 e. The molecule has 0 radical (unpaired) electrons. The Labute approximate surface area is 103 Å². The van der Waals surface area contributed by atoms with E-state index >= 15 is 0 Å². The van der Waals surface area contributed by atoms with Crippen molar-refractivity contribution in [2.24, 2.45) is 5.73 Å². The van der Waals surface area contributed by atoms with Crippen LogP contribution in [0.1, 0.15) is 18.4 Å². The minimum atomic E-state index is -2.75. The van der Waals surface area contributed by atoms with Crippen molar-refractivity contribution in [3.05, 3.63) is 33.9 Å². The SMILES string of the molecule is CN(CCCN)c1ccc([N+](=O)[O-])cc1C(F)F. The van der Waals surface area contributed by atoms with Crippen LogP contribution in [0.15, 0.2) is 18.2 Å². The Morgan fingerprint density at radius 2 is 2.17 bits per heavy atom. The second-order valence-corrected chi connectivity index (χ2v) is 3.86. The number of hydrogen-bond acceptors (Lipinski definition) is 4. The maximum absolute atomic E-state index is 12.9. The van der Waals surface area contributed by atoms with E-state index < -0.39 is 11.3 Å². The summed E-state index contributed by atoms with van der Waals surface area (Å²) >= 11 is 0. The fourth-order valence-electron chi connectivity index (χ4n) is 1.63. The van der Waals surface area contributed by atoms with E-state index in [-0.39, 0.29) is 11.3 Å². The van der Waals surface area contributed by atoms with Gasteiger partial charge in [0.15, 0.2) is 0 Å². The normalized spacial score (nSPS) is 10.7. The van der Waals surface area contributed by atoms with Gasteiger partial charge in [-0.15, -0.1) is 0 Å². The lowest BCUT2D eigenvalue weighted by atomic mass is 10.1. The third-order valence-electron chi connectivity index (χ3n) is 2.57. The molecule has 0 aliphatic rings. The molecule has 1 aromatic carbocycles. The van der Waals surface area contributed by atoms with Gasteiger partial charge in [0.25, 0.3) is 12.1 Å². The van der Waals surface area contributed by atoms with Gasteiger partial charge in [-0.25, -0.2) is 8.78 Å². The van der Waals surface area contributed by atoms with Gasteiger partial charge >= 0.3 is 0 Å². The van der Waals surface area contributed by atoms with Gasteiger partial charge in [0.2, 0.25) is 0 Å². The molecule has 0 unspecified atom stereocenters. The van der Waals surface area contributed by atoms with Gasteiger partial charge in [0, 0.05) is 37.0 Å². The molecular formula is C11H15F2N3O2. The largest absolute Gasteiger partial charge is 0.374 e. The Morgan fingerprint density at radius 3 is 2.67 bits per heavy atom. The van der Waals surface area contributed by atoms with Crippen LogP contribution in [0.4, 0.5) is 20.2 Å². The molecule has 0 atom stereocenters. The third-order valence-corrected chi connectivity index (χ3v) is 2.57. The fourth-order valence-corrected chi connectivity index (χ4v) is 1.63. The lowest BCUT2D eigenvalue weighted by Gasteiger charge is -2.21. The molecule has 0 amide bonds. The summed E-state index contributed by atoms with van der Waals surface area (Å²) in [6, 6.07) is 3.48. The van der Waals surface area contributed by atoms with Crippen LogP contribution in [0, 0.1) is 10.1 Å². The van der Waals surface area contributed by atoms with Gasteiger partial charge in [0.1, 0.15) is 0 Å². The highest BCUT2D eigenvalue weighted by Crippen LogP contribution is 2.32. The van der Waals surface area contributed by atoms with Crippen LogP contribution in [0.2, 0.25) is 0 Å². The molecule has 0 aliphatic carbocycles. The molecule has 0 aliphatic heterocycles. The molecule has 18 heavy (non-hydrogen) atoms. The first kappa shape index (κ1) is 14.3. The molecule has 0 saturated heterocycles. The highest BCUT2D eigenvalue weighted by molar-refractivity contribution is 5.58. The zero-order valence-electron chi connectivity index (χ0n) is 9.97. The van der Waals surface area contributed by atoms with Crippen molar-refractivity contribution in [3.8, 4) is 0 Å². The maximum Gasteiger partial charge on any atom is 0.270 e. The highest BCUT2D eigenvalue weighted by atomic mass is 19.3. The molecule has 2 N–H and O–H groups in total. The second kappa shape index (κ2) is 6.25. The van der Waals surface area contributed by atoms with E-state index in [9.17, 15) is 18.9 Å². The van der Waals surface area contributed by atoms with Crippen LogP contribution in [0.25, 0.3) is 0 Å². The first-order valence-corrected chi connectivity index (χ1v) is 5.45. The third kappa shape index (κ3) is 3.36. The molecule has 5 nitrogen and oxygen atoms in total. The molecule has 1 rings (SSSR count). The number of nitrogens with two attached hydrogens (primary N) is 1. The summed E-state index contributed by atoms with van der Waals surface area (Å²) in [6.45, 7) is 0.982. The lowest BCUT2D eigenvalue weighted by molar-refractivity contribution is -0.385. The van der Waals surface area contributed by atoms with Crippen LogP contribution >= 0.6 is 0 Å². The van der Waals surface area contributed by atoms with Crippen molar-refractivity contribution >= 4 is 11.4 Å². The van der Waals surface area contributed by atoms with Crippen LogP contribution in [0.5, 0.6) is 0 Å². The fraction of sp³-hybridized carbons (Fsp3) is 0.455. The number of hydrogen-bond donors (Lipinski definition) is 1. The maximum atomic E-state index is 12.9. The summed E-state index contributed by atoms with van der Waals surface area (Å²) < 4.78 is 25.8. The van der Waals surface area contributed by atoms with Crippen molar-refractivity contribution in [1.82, 2.24) is 0 Å². The molecular weight excluding hydrogens is 244 g/mol. The van der Waals surface area contributed by atoms with Crippen LogP contribution < -0.4 is 10.6 Å². The van der Waals surface area contributed by atoms with Crippen molar-refractivity contribution < 1.29 is 13.7 Å². The van der Waals surface area contributed by atoms with Gasteiger partial charge in [0.05, 0.1) is 4.92 Å². The Morgan fingerprint density at radius 1 is 1.50 bits per heavy atom. The van der Waals surface area contributed by atoms with Crippen LogP contribution in [-0.2, 0) is 0 Å². The molecule has 0 fully saturated rings. The van der Waals surface area contributed by atoms with Gasteiger partial charge in [-0.05, 0) is 19.0 Å². The van der Waals surface area contributed by atoms with Crippen molar-refractivity contribution in [2.75, 3.05) is 25.0 Å². The zero-order valence-corrected chi connectivity index (χ0v) is 9.97. The summed E-state index contributed by atoms with van der Waals surface area (Å²) in [5.74, 6) is 0. The number of nitro groups is 1. The van der Waals surface area contributed by atoms with E-state index in [1.807, 2.05) is 0 Å². The summed E-state index contributed by atoms with van der Waals surface area (Å²) in [6.07, 6.45) is -2.09. The van der Waals surface area contributed by atoms with E-state index in [4.69, 9.17) is 5.73 Å². The Hall–Kier alpha value is -1.76. The minimum Gasteiger partial charge on any atom is -0.374 e. The number of benzene rings is 1. The van der Waals surface area contributed by atoms with Gasteiger partial charge < -0.3 is 10.6 Å². The zero-order chi connectivity index (χ0) is 13.7. The predicted molar refractivity (Wildman–Crippen MR) is 65.0 cm³/mol. The average Bonchev–Trinajstić information content (AvgIpc) is 2.34. The Kier molecular flexibility index (Phi) is 4.96. The molecule has 0 heterocycles. The Bertz CT molecular complexity index is 427. The summed E-state index contributed by atoms with van der Waals surface area (Å²) in [4.78, 5) is 11.5. The van der Waals surface area contributed by atoms with Crippen LogP contribution in [-0.4, -0.2) is 25.1 Å². The molecule has 1 aromatic rings. The van der Waals surface area contributed by atoms with Gasteiger partial charge in [-0.1, -0.05) is 0 Å². The van der Waals surface area contributed by atoms with Gasteiger partial charge in [-0.2, -0.15) is 0 Å². The highest BCUT2D eigenvalue weighted by Gasteiger charge is 2.19. The number of nitro benzene ring substituents is 1. The topological polar surface area (TPSA) is 72.4 Å².